The van der Waals surface area contributed by atoms with Crippen LogP contribution in [0.15, 0.2) is 36.4 Å². The quantitative estimate of drug-likeness (QED) is 0.481. The number of hydrogen-bond donors (Lipinski definition) is 0. The summed E-state index contributed by atoms with van der Waals surface area (Å²) in [6.07, 6.45) is -0.929. The number of amides is 2. The van der Waals surface area contributed by atoms with Gasteiger partial charge in [0.05, 0.1) is 28.4 Å². The van der Waals surface area contributed by atoms with Crippen molar-refractivity contribution in [1.29, 1.82) is 0 Å². The maximum Gasteiger partial charge on any atom is 0.410 e. The topological polar surface area (TPSA) is 96.0 Å². The second kappa shape index (κ2) is 11.7. The van der Waals surface area contributed by atoms with Crippen LogP contribution in [0.3, 0.4) is 0 Å². The van der Waals surface area contributed by atoms with Crippen molar-refractivity contribution >= 4 is 12.2 Å². The van der Waals surface area contributed by atoms with Crippen LogP contribution in [0.5, 0.6) is 23.0 Å². The zero-order valence-electron chi connectivity index (χ0n) is 23.5. The Morgan fingerprint density at radius 3 is 1.05 bits per heavy atom. The van der Waals surface area contributed by atoms with Gasteiger partial charge in [-0.25, -0.2) is 9.59 Å². The lowest BCUT2D eigenvalue weighted by Gasteiger charge is -2.37. The number of carbonyl (C=O) groups excluding carboxylic acids is 2. The normalized spacial score (nSPS) is 14.0. The van der Waals surface area contributed by atoms with Crippen molar-refractivity contribution in [2.24, 2.45) is 0 Å². The van der Waals surface area contributed by atoms with Gasteiger partial charge in [-0.15, -0.1) is 0 Å². The van der Waals surface area contributed by atoms with Gasteiger partial charge in [-0.3, -0.25) is 0 Å². The molecule has 10 heteroatoms. The first-order valence-electron chi connectivity index (χ1n) is 12.4. The predicted octanol–water partition coefficient (Wildman–Crippen LogP) is 4.78. The number of piperazine rings is 1. The summed E-state index contributed by atoms with van der Waals surface area (Å²) in [5.41, 5.74) is -0.394. The first kappa shape index (κ1) is 28.7. The highest BCUT2D eigenvalue weighted by Gasteiger charge is 2.34. The largest absolute Gasteiger partial charge is 0.497 e. The molecule has 1 saturated heterocycles. The molecule has 0 unspecified atom stereocenters. The molecule has 2 aromatic rings. The number of hydrogen-bond acceptors (Lipinski definition) is 8. The highest BCUT2D eigenvalue weighted by Crippen LogP contribution is 2.34. The summed E-state index contributed by atoms with van der Waals surface area (Å²) in [7, 11) is 6.26. The Balaban J connectivity index is 1.60. The summed E-state index contributed by atoms with van der Waals surface area (Å²) in [4.78, 5) is 29.1. The highest BCUT2D eigenvalue weighted by molar-refractivity contribution is 5.71. The van der Waals surface area contributed by atoms with Gasteiger partial charge in [-0.05, 0) is 52.0 Å². The predicted molar refractivity (Wildman–Crippen MR) is 141 cm³/mol. The summed E-state index contributed by atoms with van der Waals surface area (Å²) < 4.78 is 33.1. The fraction of sp³-hybridized carbons (Fsp3) is 0.500. The second-order valence-electron chi connectivity index (χ2n) is 9.93. The Labute approximate surface area is 224 Å². The fourth-order valence-corrected chi connectivity index (χ4v) is 4.07. The van der Waals surface area contributed by atoms with Crippen LogP contribution in [0.2, 0.25) is 0 Å². The average Bonchev–Trinajstić information content (AvgIpc) is 2.91. The van der Waals surface area contributed by atoms with Gasteiger partial charge in [0.15, 0.2) is 0 Å². The SMILES string of the molecule is COc1cc(OC)cc(C(C)(C)OC(=O)N2CCN(C(=O)OC(C)(C)c3cc(OC)cc(OC)c3)CC2)c1. The average molecular weight is 531 g/mol. The van der Waals surface area contributed by atoms with Crippen LogP contribution >= 0.6 is 0 Å². The lowest BCUT2D eigenvalue weighted by Crippen LogP contribution is -2.52. The second-order valence-corrected chi connectivity index (χ2v) is 9.93. The van der Waals surface area contributed by atoms with E-state index in [2.05, 4.69) is 0 Å². The van der Waals surface area contributed by atoms with Crippen LogP contribution in [0.4, 0.5) is 9.59 Å². The minimum atomic E-state index is -0.934. The van der Waals surface area contributed by atoms with Crippen molar-refractivity contribution < 1.29 is 38.0 Å². The molecule has 38 heavy (non-hydrogen) atoms. The summed E-state index contributed by atoms with van der Waals surface area (Å²) >= 11 is 0. The number of nitrogens with zero attached hydrogens (tertiary/aromatic N) is 2. The molecule has 1 heterocycles. The third-order valence-corrected chi connectivity index (χ3v) is 6.57. The molecular formula is C28H38N2O8. The molecule has 1 aliphatic heterocycles. The number of rotatable bonds is 8. The van der Waals surface area contributed by atoms with Gasteiger partial charge < -0.3 is 38.2 Å². The van der Waals surface area contributed by atoms with Gasteiger partial charge >= 0.3 is 12.2 Å². The van der Waals surface area contributed by atoms with Crippen molar-refractivity contribution in [3.05, 3.63) is 47.5 Å². The van der Waals surface area contributed by atoms with Gasteiger partial charge in [0.2, 0.25) is 0 Å². The van der Waals surface area contributed by atoms with E-state index in [1.807, 2.05) is 52.0 Å². The van der Waals surface area contributed by atoms with Gasteiger partial charge in [0, 0.05) is 49.4 Å². The van der Waals surface area contributed by atoms with Gasteiger partial charge in [0.25, 0.3) is 0 Å². The van der Waals surface area contributed by atoms with Crippen molar-refractivity contribution in [1.82, 2.24) is 9.80 Å². The lowest BCUT2D eigenvalue weighted by atomic mass is 9.97. The van der Waals surface area contributed by atoms with Crippen molar-refractivity contribution in [3.8, 4) is 23.0 Å². The van der Waals surface area contributed by atoms with E-state index in [0.29, 0.717) is 49.2 Å². The van der Waals surface area contributed by atoms with Gasteiger partial charge in [-0.1, -0.05) is 0 Å². The minimum Gasteiger partial charge on any atom is -0.497 e. The third-order valence-electron chi connectivity index (χ3n) is 6.57. The third kappa shape index (κ3) is 6.73. The minimum absolute atomic E-state index is 0.318. The van der Waals surface area contributed by atoms with Crippen LogP contribution in [-0.4, -0.2) is 76.6 Å². The molecule has 0 aromatic heterocycles. The van der Waals surface area contributed by atoms with Crippen molar-refractivity contribution in [2.75, 3.05) is 54.6 Å². The maximum atomic E-state index is 13.0. The van der Waals surface area contributed by atoms with E-state index in [9.17, 15) is 9.59 Å². The molecule has 2 aromatic carbocycles. The highest BCUT2D eigenvalue weighted by atomic mass is 16.6. The Bertz CT molecular complexity index is 1010. The van der Waals surface area contributed by atoms with Crippen molar-refractivity contribution in [2.45, 2.75) is 38.9 Å². The summed E-state index contributed by atoms with van der Waals surface area (Å²) in [5.74, 6) is 2.41. The van der Waals surface area contributed by atoms with Gasteiger partial charge in [-0.2, -0.15) is 0 Å². The molecule has 0 N–H and O–H groups in total. The monoisotopic (exact) mass is 530 g/mol. The summed E-state index contributed by atoms with van der Waals surface area (Å²) in [6.45, 7) is 8.50. The molecule has 208 valence electrons. The molecule has 10 nitrogen and oxygen atoms in total. The molecule has 0 spiro atoms. The standard InChI is InChI=1S/C28H38N2O8/c1-27(2,19-13-21(33-5)17-22(14-19)34-6)37-25(31)29-9-11-30(12-10-29)26(32)38-28(3,4)20-15-23(35-7)18-24(16-20)36-8/h13-18H,9-12H2,1-8H3. The Morgan fingerprint density at radius 2 is 0.816 bits per heavy atom. The number of methoxy groups -OCH3 is 4. The first-order chi connectivity index (χ1) is 17.9. The van der Waals surface area contributed by atoms with Crippen LogP contribution in [0, 0.1) is 0 Å². The lowest BCUT2D eigenvalue weighted by molar-refractivity contribution is -0.0126. The van der Waals surface area contributed by atoms with Crippen LogP contribution < -0.4 is 18.9 Å². The fourth-order valence-electron chi connectivity index (χ4n) is 4.07. The number of carbonyl (C=O) groups is 2. The molecule has 0 aliphatic carbocycles. The van der Waals surface area contributed by atoms with E-state index in [0.717, 1.165) is 11.1 Å². The molecule has 0 saturated carbocycles. The smallest absolute Gasteiger partial charge is 0.410 e. The van der Waals surface area contributed by atoms with Crippen molar-refractivity contribution in [3.63, 3.8) is 0 Å². The summed E-state index contributed by atoms with van der Waals surface area (Å²) in [5, 5.41) is 0. The molecule has 3 rings (SSSR count). The van der Waals surface area contributed by atoms with E-state index in [1.165, 1.54) is 0 Å². The summed E-state index contributed by atoms with van der Waals surface area (Å²) in [6, 6.07) is 10.7. The zero-order valence-corrected chi connectivity index (χ0v) is 23.5. The molecular weight excluding hydrogens is 492 g/mol. The zero-order chi connectivity index (χ0) is 28.1. The first-order valence-corrected chi connectivity index (χ1v) is 12.4. The molecule has 0 bridgehead atoms. The molecule has 2 amide bonds. The van der Waals surface area contributed by atoms with E-state index < -0.39 is 23.4 Å². The van der Waals surface area contributed by atoms with Gasteiger partial charge in [0.1, 0.15) is 34.2 Å². The van der Waals surface area contributed by atoms with E-state index in [4.69, 9.17) is 28.4 Å². The van der Waals surface area contributed by atoms with E-state index in [-0.39, 0.29) is 0 Å². The van der Waals surface area contributed by atoms with Crippen LogP contribution in [0.1, 0.15) is 38.8 Å². The molecule has 0 atom stereocenters. The van der Waals surface area contributed by atoms with E-state index >= 15 is 0 Å². The Morgan fingerprint density at radius 1 is 0.553 bits per heavy atom. The Hall–Kier alpha value is -3.82. The van der Waals surface area contributed by atoms with Crippen LogP contribution in [-0.2, 0) is 20.7 Å². The molecule has 1 aliphatic rings. The molecule has 1 fully saturated rings. The molecule has 0 radical (unpaired) electrons. The van der Waals surface area contributed by atoms with E-state index in [1.54, 1.807) is 50.4 Å². The Kier molecular flexibility index (Phi) is 8.85. The number of benzene rings is 2. The van der Waals surface area contributed by atoms with Crippen LogP contribution in [0.25, 0.3) is 0 Å². The maximum absolute atomic E-state index is 13.0. The number of ether oxygens (including phenoxy) is 6.